The lowest BCUT2D eigenvalue weighted by molar-refractivity contribution is -0.195. The monoisotopic (exact) mass is 298 g/mol. The van der Waals surface area contributed by atoms with Crippen LogP contribution in [0, 0.1) is 11.8 Å². The van der Waals surface area contributed by atoms with Crippen LogP contribution in [0.1, 0.15) is 26.2 Å². The normalized spacial score (nSPS) is 44.7. The van der Waals surface area contributed by atoms with Crippen molar-refractivity contribution in [3.05, 3.63) is 0 Å². The van der Waals surface area contributed by atoms with Crippen molar-refractivity contribution in [2.45, 2.75) is 55.9 Å². The van der Waals surface area contributed by atoms with Gasteiger partial charge in [-0.05, 0) is 25.7 Å². The second kappa shape index (κ2) is 4.09. The highest BCUT2D eigenvalue weighted by atomic mass is 32.2. The van der Waals surface area contributed by atoms with Gasteiger partial charge in [-0.1, -0.05) is 0 Å². The average Bonchev–Trinajstić information content (AvgIpc) is 2.78. The predicted octanol–water partition coefficient (Wildman–Crippen LogP) is 0.872. The van der Waals surface area contributed by atoms with Gasteiger partial charge in [0, 0.05) is 5.92 Å². The van der Waals surface area contributed by atoms with Crippen LogP contribution < -0.4 is 0 Å². The number of hydrogen-bond donors (Lipinski definition) is 1. The minimum absolute atomic E-state index is 0.0302. The fourth-order valence-electron chi connectivity index (χ4n) is 3.61. The summed E-state index contributed by atoms with van der Waals surface area (Å²) in [6.07, 6.45) is -2.53. The van der Waals surface area contributed by atoms with Crippen molar-refractivity contribution in [3.63, 3.8) is 0 Å². The van der Waals surface area contributed by atoms with Crippen molar-refractivity contribution in [1.29, 1.82) is 0 Å². The molecule has 2 aliphatic carbocycles. The third-order valence-electron chi connectivity index (χ3n) is 4.26. The Morgan fingerprint density at radius 1 is 1.47 bits per heavy atom. The second-order valence-electron chi connectivity index (χ2n) is 5.82. The van der Waals surface area contributed by atoms with Crippen LogP contribution in [-0.4, -0.2) is 43.2 Å². The first-order chi connectivity index (χ1) is 8.67. The van der Waals surface area contributed by atoms with Crippen molar-refractivity contribution in [1.82, 2.24) is 0 Å². The summed E-state index contributed by atoms with van der Waals surface area (Å²) in [5.74, 6) is -3.17. The third-order valence-corrected chi connectivity index (χ3v) is 6.04. The number of hydrogen-bond acceptors (Lipinski definition) is 5. The van der Waals surface area contributed by atoms with E-state index in [0.717, 1.165) is 0 Å². The first-order valence-corrected chi connectivity index (χ1v) is 7.78. The van der Waals surface area contributed by atoms with Gasteiger partial charge in [0.25, 0.3) is 10.1 Å². The van der Waals surface area contributed by atoms with Gasteiger partial charge < -0.3 is 9.84 Å². The average molecular weight is 298 g/mol. The largest absolute Gasteiger partial charge is 0.368 e. The molecule has 19 heavy (non-hydrogen) atoms. The van der Waals surface area contributed by atoms with Gasteiger partial charge in [-0.15, -0.1) is 0 Å². The molecule has 3 fully saturated rings. The number of rotatable bonds is 4. The molecule has 6 atom stereocenters. The van der Waals surface area contributed by atoms with Crippen LogP contribution in [0.2, 0.25) is 0 Å². The highest BCUT2D eigenvalue weighted by molar-refractivity contribution is 7.87. The lowest BCUT2D eigenvalue weighted by atomic mass is 9.94. The number of alkyl halides is 2. The maximum absolute atomic E-state index is 12.8. The molecule has 5 nitrogen and oxygen atoms in total. The van der Waals surface area contributed by atoms with Gasteiger partial charge in [0.2, 0.25) is 5.92 Å². The second-order valence-corrected chi connectivity index (χ2v) is 7.60. The molecule has 0 aromatic heterocycles. The van der Waals surface area contributed by atoms with Crippen LogP contribution in [-0.2, 0) is 19.0 Å². The van der Waals surface area contributed by atoms with E-state index in [4.69, 9.17) is 8.92 Å². The first-order valence-electron chi connectivity index (χ1n) is 6.31. The molecule has 3 rings (SSSR count). The van der Waals surface area contributed by atoms with E-state index in [2.05, 4.69) is 0 Å². The number of aliphatic hydroxyl groups excluding tert-OH is 1. The minimum atomic E-state index is -3.54. The highest BCUT2D eigenvalue weighted by Gasteiger charge is 2.64. The SMILES string of the molecule is CC(F)(F)CC(O)OC1C2CC3C1OS(=O)(=O)C3C2. The van der Waals surface area contributed by atoms with Gasteiger partial charge in [-0.25, -0.2) is 8.78 Å². The summed E-state index contributed by atoms with van der Waals surface area (Å²) in [5, 5.41) is 9.04. The van der Waals surface area contributed by atoms with Crippen molar-refractivity contribution in [2.24, 2.45) is 11.8 Å². The zero-order valence-corrected chi connectivity index (χ0v) is 11.1. The molecule has 1 saturated heterocycles. The smallest absolute Gasteiger partial charge is 0.270 e. The van der Waals surface area contributed by atoms with E-state index >= 15 is 0 Å². The lowest BCUT2D eigenvalue weighted by Crippen LogP contribution is -2.39. The molecular formula is C11H16F2O5S. The van der Waals surface area contributed by atoms with E-state index in [9.17, 15) is 22.3 Å². The van der Waals surface area contributed by atoms with Gasteiger partial charge in [-0.2, -0.15) is 8.42 Å². The summed E-state index contributed by atoms with van der Waals surface area (Å²) in [4.78, 5) is 0. The molecular weight excluding hydrogens is 282 g/mol. The molecule has 110 valence electrons. The first kappa shape index (κ1) is 13.7. The van der Waals surface area contributed by atoms with Crippen molar-refractivity contribution >= 4 is 10.1 Å². The van der Waals surface area contributed by atoms with Gasteiger partial charge >= 0.3 is 0 Å². The van der Waals surface area contributed by atoms with E-state index in [1.807, 2.05) is 0 Å². The Bertz CT molecular complexity index is 474. The van der Waals surface area contributed by atoms with Crippen LogP contribution in [0.15, 0.2) is 0 Å². The zero-order chi connectivity index (χ0) is 14.0. The number of aliphatic hydroxyl groups is 1. The number of fused-ring (bicyclic) bond motifs is 1. The standard InChI is InChI=1S/C11H16F2O5S/c1-11(12,13)4-8(14)17-9-5-2-6-7(3-5)19(15,16)18-10(6)9/h5-10,14H,2-4H2,1H3. The fraction of sp³-hybridized carbons (Fsp3) is 1.00. The van der Waals surface area contributed by atoms with Crippen LogP contribution in [0.25, 0.3) is 0 Å². The molecule has 0 radical (unpaired) electrons. The molecule has 8 heteroatoms. The van der Waals surface area contributed by atoms with E-state index in [0.29, 0.717) is 19.8 Å². The van der Waals surface area contributed by atoms with Gasteiger partial charge in [-0.3, -0.25) is 4.18 Å². The van der Waals surface area contributed by atoms with Crippen molar-refractivity contribution in [2.75, 3.05) is 0 Å². The van der Waals surface area contributed by atoms with Gasteiger partial charge in [0.05, 0.1) is 17.8 Å². The van der Waals surface area contributed by atoms with Crippen LogP contribution in [0.3, 0.4) is 0 Å². The summed E-state index contributed by atoms with van der Waals surface area (Å²) in [7, 11) is -3.54. The van der Waals surface area contributed by atoms with Crippen LogP contribution >= 0.6 is 0 Å². The number of halogens is 2. The molecule has 1 aliphatic heterocycles. The molecule has 0 aromatic rings. The summed E-state index contributed by atoms with van der Waals surface area (Å²) in [6.45, 7) is 0.701. The molecule has 3 aliphatic rings. The Labute approximate surface area is 110 Å². The summed E-state index contributed by atoms with van der Waals surface area (Å²) >= 11 is 0. The molecule has 0 aromatic carbocycles. The quantitative estimate of drug-likeness (QED) is 0.616. The Morgan fingerprint density at radius 2 is 2.16 bits per heavy atom. The predicted molar refractivity (Wildman–Crippen MR) is 59.9 cm³/mol. The molecule has 0 spiro atoms. The molecule has 0 amide bonds. The van der Waals surface area contributed by atoms with E-state index in [1.54, 1.807) is 0 Å². The molecule has 6 unspecified atom stereocenters. The molecule has 2 bridgehead atoms. The van der Waals surface area contributed by atoms with Gasteiger partial charge in [0.15, 0.2) is 6.29 Å². The number of ether oxygens (including phenoxy) is 1. The van der Waals surface area contributed by atoms with E-state index in [1.165, 1.54) is 0 Å². The summed E-state index contributed by atoms with van der Waals surface area (Å²) in [5.41, 5.74) is 0. The lowest BCUT2D eigenvalue weighted by Gasteiger charge is -2.28. The third kappa shape index (κ3) is 2.28. The summed E-state index contributed by atoms with van der Waals surface area (Å²) in [6, 6.07) is 0. The van der Waals surface area contributed by atoms with E-state index in [-0.39, 0.29) is 11.8 Å². The summed E-state index contributed by atoms with van der Waals surface area (Å²) < 4.78 is 59.2. The van der Waals surface area contributed by atoms with Gasteiger partial charge in [0.1, 0.15) is 6.10 Å². The highest BCUT2D eigenvalue weighted by Crippen LogP contribution is 2.55. The Balaban J connectivity index is 1.69. The van der Waals surface area contributed by atoms with Crippen molar-refractivity contribution < 1.29 is 31.2 Å². The fourth-order valence-corrected chi connectivity index (χ4v) is 5.49. The zero-order valence-electron chi connectivity index (χ0n) is 10.3. The Morgan fingerprint density at radius 3 is 2.79 bits per heavy atom. The Hall–Kier alpha value is -0.310. The van der Waals surface area contributed by atoms with Crippen LogP contribution in [0.4, 0.5) is 8.78 Å². The maximum Gasteiger partial charge on any atom is 0.270 e. The molecule has 1 N–H and O–H groups in total. The Kier molecular flexibility index (Phi) is 2.94. The molecule has 2 saturated carbocycles. The maximum atomic E-state index is 12.8. The molecule has 1 heterocycles. The van der Waals surface area contributed by atoms with Crippen molar-refractivity contribution in [3.8, 4) is 0 Å². The van der Waals surface area contributed by atoms with E-state index < -0.39 is 46.2 Å². The topological polar surface area (TPSA) is 72.8 Å². The van der Waals surface area contributed by atoms with Crippen LogP contribution in [0.5, 0.6) is 0 Å². The minimum Gasteiger partial charge on any atom is -0.368 e.